The second-order valence-corrected chi connectivity index (χ2v) is 0. The summed E-state index contributed by atoms with van der Waals surface area (Å²) < 4.78 is 0. The van der Waals surface area contributed by atoms with Gasteiger partial charge in [-0.1, -0.05) is 0 Å². The van der Waals surface area contributed by atoms with Crippen molar-refractivity contribution < 1.29 is 2.85 Å². The molecule has 0 aromatic rings. The molecule has 4 heavy (non-hydrogen) atoms. The van der Waals surface area contributed by atoms with E-state index in [0.29, 0.717) is 0 Å². The fourth-order valence-electron chi connectivity index (χ4n) is 0. The number of hydrogen-bond donors (Lipinski definition) is 0. The van der Waals surface area contributed by atoms with Crippen LogP contribution in [0.25, 0.3) is 0 Å². The number of hydrogen-bond acceptors (Lipinski definition) is 0. The normalized spacial score (nSPS) is 1.25. The zero-order valence-electron chi connectivity index (χ0n) is 4.49. The number of halogens is 2. The molecule has 0 atom stereocenters. The summed E-state index contributed by atoms with van der Waals surface area (Å²) in [5.41, 5.74) is 0. The van der Waals surface area contributed by atoms with Gasteiger partial charge in [-0.2, -0.15) is 0 Å². The molecule has 0 rings (SSSR count). The molecule has 0 aliphatic carbocycles. The minimum atomic E-state index is 0. The van der Waals surface area contributed by atoms with Gasteiger partial charge in [0.15, 0.2) is 0 Å². The quantitative estimate of drug-likeness (QED) is 0.420. The van der Waals surface area contributed by atoms with Crippen molar-refractivity contribution in [2.75, 3.05) is 0 Å². The van der Waals surface area contributed by atoms with Crippen LogP contribution < -0.4 is 0 Å². The van der Waals surface area contributed by atoms with Gasteiger partial charge in [0.05, 0.1) is 0 Å². The molecule has 0 aromatic heterocycles. The molecule has 0 N–H and O–H groups in total. The van der Waals surface area contributed by atoms with Gasteiger partial charge in [0.25, 0.3) is 0 Å². The van der Waals surface area contributed by atoms with E-state index in [4.69, 9.17) is 10.0 Å². The third-order valence-corrected chi connectivity index (χ3v) is 0. The second kappa shape index (κ2) is 18.2. The molecule has 0 saturated carbocycles. The van der Waals surface area contributed by atoms with Crippen LogP contribution in [0, 0.1) is 0 Å². The van der Waals surface area contributed by atoms with Gasteiger partial charge in [0, 0.05) is 0 Å². The fraction of sp³-hybridized carbons (Fsp3) is 0. The predicted molar refractivity (Wildman–Crippen MR) is 29.6 cm³/mol. The van der Waals surface area contributed by atoms with Crippen molar-refractivity contribution >= 4 is 75.6 Å². The molecule has 0 nitrogen and oxygen atoms in total. The minimum absolute atomic E-state index is 0. The maximum absolute atomic E-state index is 4.78. The molecule has 0 aliphatic heterocycles. The third-order valence-electron chi connectivity index (χ3n) is 0. The summed E-state index contributed by atoms with van der Waals surface area (Å²) >= 11 is 0.778. The molecular formula is H5AlCaCl2. The van der Waals surface area contributed by atoms with Gasteiger partial charge in [0.2, 0.25) is 0 Å². The van der Waals surface area contributed by atoms with Crippen LogP contribution in [0.2, 0.25) is 0 Å². The van der Waals surface area contributed by atoms with Crippen LogP contribution in [0.4, 0.5) is 0 Å². The monoisotopic (exact) mass is 142 g/mol. The van der Waals surface area contributed by atoms with E-state index in [2.05, 4.69) is 0 Å². The Morgan fingerprint density at radius 3 is 1.50 bits per heavy atom. The van der Waals surface area contributed by atoms with Crippen molar-refractivity contribution in [3.05, 3.63) is 0 Å². The zero-order chi connectivity index (χ0) is 2.00. The van der Waals surface area contributed by atoms with E-state index >= 15 is 0 Å². The average molecular weight is 143 g/mol. The summed E-state index contributed by atoms with van der Waals surface area (Å²) in [5, 5.41) is 0. The molecule has 0 heterocycles. The maximum atomic E-state index is 4.78. The molecule has 0 fully saturated rings. The molecule has 4 heteroatoms. The molecule has 0 bridgehead atoms. The Balaban J connectivity index is -0.000000000833. The van der Waals surface area contributed by atoms with E-state index < -0.39 is 0 Å². The van der Waals surface area contributed by atoms with E-state index in [1.54, 1.807) is 0 Å². The summed E-state index contributed by atoms with van der Waals surface area (Å²) in [7, 11) is 4.78. The first kappa shape index (κ1) is 16.2. The first-order valence-corrected chi connectivity index (χ1v) is 3.40. The van der Waals surface area contributed by atoms with E-state index in [1.807, 2.05) is 0 Å². The average Bonchev–Trinajstić information content (AvgIpc) is 1.00. The van der Waals surface area contributed by atoms with Gasteiger partial charge in [-0.3, -0.25) is 10.0 Å². The first-order chi connectivity index (χ1) is 1.00. The summed E-state index contributed by atoms with van der Waals surface area (Å²) in [6.07, 6.45) is 0. The van der Waals surface area contributed by atoms with Crippen LogP contribution in [0.15, 0.2) is 0 Å². The number of rotatable bonds is 0. The van der Waals surface area contributed by atoms with Crippen LogP contribution in [0.1, 0.15) is 2.85 Å². The SMILES string of the molecule is Cl.[AlH2][Cl].[Ca+2].[H-].[H-]. The molecule has 0 radical (unpaired) electrons. The van der Waals surface area contributed by atoms with Crippen molar-refractivity contribution in [3.8, 4) is 0 Å². The molecule has 0 saturated heterocycles. The van der Waals surface area contributed by atoms with Crippen molar-refractivity contribution in [2.45, 2.75) is 0 Å². The van der Waals surface area contributed by atoms with Gasteiger partial charge in [-0.25, -0.2) is 0 Å². The van der Waals surface area contributed by atoms with Gasteiger partial charge >= 0.3 is 53.1 Å². The van der Waals surface area contributed by atoms with Crippen molar-refractivity contribution in [2.24, 2.45) is 0 Å². The zero-order valence-corrected chi connectivity index (χ0v) is 8.27. The van der Waals surface area contributed by atoms with E-state index in [-0.39, 0.29) is 53.0 Å². The maximum Gasteiger partial charge on any atom is 2.00 e. The van der Waals surface area contributed by atoms with Crippen LogP contribution >= 0.6 is 22.5 Å². The van der Waals surface area contributed by atoms with Crippen molar-refractivity contribution in [1.29, 1.82) is 0 Å². The second-order valence-electron chi connectivity index (χ2n) is 0. The molecule has 24 valence electrons. The van der Waals surface area contributed by atoms with E-state index in [0.717, 1.165) is 15.4 Å². The minimum Gasteiger partial charge on any atom is -1.00 e. The largest absolute Gasteiger partial charge is 2.00 e. The van der Waals surface area contributed by atoms with Gasteiger partial charge in [-0.05, 0) is 0 Å². The predicted octanol–water partition coefficient (Wildman–Crippen LogP) is 0.0393. The van der Waals surface area contributed by atoms with Gasteiger partial charge < -0.3 is 2.85 Å². The van der Waals surface area contributed by atoms with Gasteiger partial charge in [0.1, 0.15) is 0 Å². The first-order valence-electron chi connectivity index (χ1n) is 0.378. The molecule has 0 spiro atoms. The van der Waals surface area contributed by atoms with Crippen LogP contribution in [-0.2, 0) is 0 Å². The Morgan fingerprint density at radius 2 is 1.50 bits per heavy atom. The van der Waals surface area contributed by atoms with Crippen LogP contribution in [-0.4, -0.2) is 53.1 Å². The van der Waals surface area contributed by atoms with E-state index in [9.17, 15) is 0 Å². The molecule has 0 unspecified atom stereocenters. The Morgan fingerprint density at radius 1 is 1.50 bits per heavy atom. The molecule has 0 aromatic carbocycles. The van der Waals surface area contributed by atoms with Crippen LogP contribution in [0.3, 0.4) is 0 Å². The summed E-state index contributed by atoms with van der Waals surface area (Å²) in [6.45, 7) is 0. The smallest absolute Gasteiger partial charge is 1.00 e. The molecular weight excluding hydrogens is 138 g/mol. The standard InChI is InChI=1S/Al.Ca.2ClH.4H/h;;2*1H;;;;/q+1;+2;;;;;2*-1/p-1. The molecule has 0 aliphatic rings. The summed E-state index contributed by atoms with van der Waals surface area (Å²) in [4.78, 5) is 0. The van der Waals surface area contributed by atoms with Gasteiger partial charge in [-0.15, -0.1) is 12.4 Å². The Labute approximate surface area is 77.3 Å². The van der Waals surface area contributed by atoms with Crippen LogP contribution in [0.5, 0.6) is 0 Å². The Bertz CT molecular complexity index is 11.5. The third kappa shape index (κ3) is 8.84. The fourth-order valence-corrected chi connectivity index (χ4v) is 0. The Kier molecular flexibility index (Phi) is 73.8. The molecule has 0 amide bonds. The summed E-state index contributed by atoms with van der Waals surface area (Å²) in [5.74, 6) is 0. The Hall–Kier alpha value is 2.37. The topological polar surface area (TPSA) is 0 Å². The van der Waals surface area contributed by atoms with Crippen molar-refractivity contribution in [3.63, 3.8) is 0 Å². The van der Waals surface area contributed by atoms with E-state index in [1.165, 1.54) is 0 Å². The summed E-state index contributed by atoms with van der Waals surface area (Å²) in [6, 6.07) is 0. The van der Waals surface area contributed by atoms with Crippen molar-refractivity contribution in [1.82, 2.24) is 0 Å².